The van der Waals surface area contributed by atoms with E-state index >= 15 is 0 Å². The van der Waals surface area contributed by atoms with Crippen molar-refractivity contribution >= 4 is 0 Å². The fourth-order valence-electron chi connectivity index (χ4n) is 2.78. The molecule has 0 N–H and O–H groups in total. The van der Waals surface area contributed by atoms with Crippen LogP contribution in [0.3, 0.4) is 0 Å². The molecule has 3 rings (SSSR count). The smallest absolute Gasteiger partial charge is 0.133 e. The van der Waals surface area contributed by atoms with Crippen molar-refractivity contribution in [2.45, 2.75) is 25.5 Å². The zero-order valence-corrected chi connectivity index (χ0v) is 11.9. The van der Waals surface area contributed by atoms with Crippen LogP contribution in [0.15, 0.2) is 47.1 Å². The fourth-order valence-corrected chi connectivity index (χ4v) is 2.78. The minimum Gasteiger partial charge on any atom is -0.464 e. The molecule has 1 aromatic carbocycles. The van der Waals surface area contributed by atoms with Crippen molar-refractivity contribution in [2.75, 3.05) is 20.2 Å². The van der Waals surface area contributed by atoms with Gasteiger partial charge >= 0.3 is 0 Å². The van der Waals surface area contributed by atoms with Crippen molar-refractivity contribution in [1.29, 1.82) is 0 Å². The summed E-state index contributed by atoms with van der Waals surface area (Å²) >= 11 is 0. The van der Waals surface area contributed by atoms with E-state index in [9.17, 15) is 0 Å². The molecule has 106 valence electrons. The summed E-state index contributed by atoms with van der Waals surface area (Å²) in [4.78, 5) is 2.50. The Morgan fingerprint density at radius 2 is 1.90 bits per heavy atom. The summed E-state index contributed by atoms with van der Waals surface area (Å²) in [6, 6.07) is 12.6. The predicted octanol–water partition coefficient (Wildman–Crippen LogP) is 3.56. The van der Waals surface area contributed by atoms with Crippen LogP contribution in [0.25, 0.3) is 11.3 Å². The van der Waals surface area contributed by atoms with E-state index in [1.165, 1.54) is 5.56 Å². The number of hydrogen-bond acceptors (Lipinski definition) is 3. The van der Waals surface area contributed by atoms with Crippen LogP contribution in [0.4, 0.5) is 0 Å². The molecule has 0 spiro atoms. The van der Waals surface area contributed by atoms with Gasteiger partial charge in [-0.1, -0.05) is 24.3 Å². The van der Waals surface area contributed by atoms with E-state index in [4.69, 9.17) is 9.15 Å². The van der Waals surface area contributed by atoms with Gasteiger partial charge in [-0.3, -0.25) is 4.90 Å². The predicted molar refractivity (Wildman–Crippen MR) is 79.5 cm³/mol. The summed E-state index contributed by atoms with van der Waals surface area (Å²) in [6.07, 6.45) is 4.44. The van der Waals surface area contributed by atoms with Gasteiger partial charge < -0.3 is 9.15 Å². The van der Waals surface area contributed by atoms with Gasteiger partial charge in [0, 0.05) is 32.3 Å². The second-order valence-electron chi connectivity index (χ2n) is 5.39. The number of nitrogens with zero attached hydrogens (tertiary/aromatic N) is 1. The molecule has 3 heteroatoms. The maximum atomic E-state index is 5.41. The lowest BCUT2D eigenvalue weighted by Crippen LogP contribution is -2.36. The molecule has 1 fully saturated rings. The van der Waals surface area contributed by atoms with Crippen LogP contribution < -0.4 is 0 Å². The zero-order valence-electron chi connectivity index (χ0n) is 11.9. The van der Waals surface area contributed by atoms with Crippen molar-refractivity contribution in [3.05, 3.63) is 48.2 Å². The van der Waals surface area contributed by atoms with Crippen molar-refractivity contribution in [1.82, 2.24) is 4.90 Å². The normalized spacial score (nSPS) is 17.4. The van der Waals surface area contributed by atoms with Crippen LogP contribution >= 0.6 is 0 Å². The summed E-state index contributed by atoms with van der Waals surface area (Å²) < 4.78 is 10.8. The number of likely N-dealkylation sites (tertiary alicyclic amines) is 1. The van der Waals surface area contributed by atoms with Crippen molar-refractivity contribution < 1.29 is 9.15 Å². The second-order valence-corrected chi connectivity index (χ2v) is 5.39. The van der Waals surface area contributed by atoms with E-state index < -0.39 is 0 Å². The molecule has 0 radical (unpaired) electrons. The molecule has 1 aliphatic heterocycles. The van der Waals surface area contributed by atoms with Crippen LogP contribution in [0.5, 0.6) is 0 Å². The Bertz CT molecular complexity index is 510. The lowest BCUT2D eigenvalue weighted by atomic mass is 10.1. The highest BCUT2D eigenvalue weighted by Gasteiger charge is 2.18. The number of methoxy groups -OCH3 is 1. The van der Waals surface area contributed by atoms with Crippen molar-refractivity contribution in [2.24, 2.45) is 0 Å². The zero-order chi connectivity index (χ0) is 13.8. The minimum absolute atomic E-state index is 0.451. The van der Waals surface area contributed by atoms with Gasteiger partial charge in [-0.05, 0) is 30.5 Å². The molecule has 0 aliphatic carbocycles. The molecular formula is C17H21NO2. The Labute approximate surface area is 120 Å². The molecule has 1 saturated heterocycles. The molecule has 3 nitrogen and oxygen atoms in total. The summed E-state index contributed by atoms with van der Waals surface area (Å²) in [5.74, 6) is 0.928. The topological polar surface area (TPSA) is 25.6 Å². The molecule has 0 atom stereocenters. The van der Waals surface area contributed by atoms with Crippen LogP contribution in [-0.4, -0.2) is 31.2 Å². The molecule has 0 saturated carbocycles. The summed E-state index contributed by atoms with van der Waals surface area (Å²) in [5, 5.41) is 0. The number of ether oxygens (including phenoxy) is 1. The molecule has 0 amide bonds. The first-order valence-electron chi connectivity index (χ1n) is 7.23. The Hall–Kier alpha value is -1.58. The van der Waals surface area contributed by atoms with Gasteiger partial charge in [-0.25, -0.2) is 0 Å². The molecule has 0 bridgehead atoms. The van der Waals surface area contributed by atoms with E-state index in [2.05, 4.69) is 29.2 Å². The average molecular weight is 271 g/mol. The minimum atomic E-state index is 0.451. The van der Waals surface area contributed by atoms with Crippen LogP contribution in [-0.2, 0) is 11.3 Å². The first-order valence-corrected chi connectivity index (χ1v) is 7.23. The first-order chi connectivity index (χ1) is 9.85. The van der Waals surface area contributed by atoms with Crippen LogP contribution in [0.2, 0.25) is 0 Å². The van der Waals surface area contributed by atoms with Crippen molar-refractivity contribution in [3.63, 3.8) is 0 Å². The van der Waals surface area contributed by atoms with Gasteiger partial charge in [-0.15, -0.1) is 0 Å². The van der Waals surface area contributed by atoms with E-state index in [1.807, 2.05) is 19.2 Å². The SMILES string of the molecule is COC1CCN(Cc2ccc(-c3ccco3)cc2)CC1. The number of benzene rings is 1. The molecular weight excluding hydrogens is 250 g/mol. The third-order valence-electron chi connectivity index (χ3n) is 4.03. The number of hydrogen-bond donors (Lipinski definition) is 0. The molecule has 2 aromatic rings. The molecule has 2 heterocycles. The van der Waals surface area contributed by atoms with Crippen LogP contribution in [0.1, 0.15) is 18.4 Å². The van der Waals surface area contributed by atoms with Gasteiger partial charge in [0.15, 0.2) is 0 Å². The number of furan rings is 1. The fraction of sp³-hybridized carbons (Fsp3) is 0.412. The van der Waals surface area contributed by atoms with Crippen molar-refractivity contribution in [3.8, 4) is 11.3 Å². The van der Waals surface area contributed by atoms with E-state index in [0.717, 1.165) is 43.8 Å². The largest absolute Gasteiger partial charge is 0.464 e. The Morgan fingerprint density at radius 3 is 2.50 bits per heavy atom. The Balaban J connectivity index is 1.59. The maximum absolute atomic E-state index is 5.41. The van der Waals surface area contributed by atoms with E-state index in [0.29, 0.717) is 6.10 Å². The van der Waals surface area contributed by atoms with Gasteiger partial charge in [0.25, 0.3) is 0 Å². The maximum Gasteiger partial charge on any atom is 0.133 e. The van der Waals surface area contributed by atoms with Gasteiger partial charge in [0.2, 0.25) is 0 Å². The monoisotopic (exact) mass is 271 g/mol. The van der Waals surface area contributed by atoms with E-state index in [-0.39, 0.29) is 0 Å². The summed E-state index contributed by atoms with van der Waals surface area (Å²) in [6.45, 7) is 3.27. The quantitative estimate of drug-likeness (QED) is 0.850. The average Bonchev–Trinajstić information content (AvgIpc) is 3.03. The molecule has 0 unspecified atom stereocenters. The Morgan fingerprint density at radius 1 is 1.15 bits per heavy atom. The third-order valence-corrected chi connectivity index (χ3v) is 4.03. The lowest BCUT2D eigenvalue weighted by Gasteiger charge is -2.31. The highest BCUT2D eigenvalue weighted by atomic mass is 16.5. The number of rotatable bonds is 4. The van der Waals surface area contributed by atoms with Gasteiger partial charge in [0.1, 0.15) is 5.76 Å². The summed E-state index contributed by atoms with van der Waals surface area (Å²) in [5.41, 5.74) is 2.49. The third kappa shape index (κ3) is 3.11. The number of piperidine rings is 1. The lowest BCUT2D eigenvalue weighted by molar-refractivity contribution is 0.0389. The summed E-state index contributed by atoms with van der Waals surface area (Å²) in [7, 11) is 1.81. The molecule has 1 aromatic heterocycles. The Kier molecular flexibility index (Phi) is 4.19. The van der Waals surface area contributed by atoms with E-state index in [1.54, 1.807) is 6.26 Å². The second kappa shape index (κ2) is 6.25. The molecule has 20 heavy (non-hydrogen) atoms. The molecule has 1 aliphatic rings. The van der Waals surface area contributed by atoms with Gasteiger partial charge in [0.05, 0.1) is 12.4 Å². The standard InChI is InChI=1S/C17H21NO2/c1-19-16-8-10-18(11-9-16)13-14-4-6-15(7-5-14)17-3-2-12-20-17/h2-7,12,16H,8-11,13H2,1H3. The highest BCUT2D eigenvalue weighted by Crippen LogP contribution is 2.21. The van der Waals surface area contributed by atoms with Crippen LogP contribution in [0, 0.1) is 0 Å². The highest BCUT2D eigenvalue weighted by molar-refractivity contribution is 5.57. The first kappa shape index (κ1) is 13.4. The van der Waals surface area contributed by atoms with Gasteiger partial charge in [-0.2, -0.15) is 0 Å².